The fraction of sp³-hybridized carbons (Fsp3) is 0.125. The topological polar surface area (TPSA) is 55.1 Å². The molecule has 0 saturated heterocycles. The normalized spacial score (nSPS) is 12.3. The van der Waals surface area contributed by atoms with Crippen molar-refractivity contribution in [3.05, 3.63) is 65.0 Å². The molecule has 0 fully saturated rings. The van der Waals surface area contributed by atoms with Crippen LogP contribution in [0.25, 0.3) is 11.1 Å². The molecule has 1 unspecified atom stereocenters. The van der Waals surface area contributed by atoms with Crippen molar-refractivity contribution in [3.8, 4) is 0 Å². The molecule has 0 spiro atoms. The Morgan fingerprint density at radius 2 is 2.00 bits per heavy atom. The third kappa shape index (κ3) is 2.90. The zero-order valence-corrected chi connectivity index (χ0v) is 12.1. The SMILES string of the molecule is CC(NC(=O)c1ccc2oc(Cl)nc2c1)c1ccccc1. The Morgan fingerprint density at radius 1 is 1.24 bits per heavy atom. The molecule has 0 aliphatic heterocycles. The maximum absolute atomic E-state index is 12.3. The molecular weight excluding hydrogens is 288 g/mol. The number of halogens is 1. The third-order valence-corrected chi connectivity index (χ3v) is 3.43. The minimum Gasteiger partial charge on any atom is -0.428 e. The number of nitrogens with zero attached hydrogens (tertiary/aromatic N) is 1. The van der Waals surface area contributed by atoms with Crippen molar-refractivity contribution in [2.45, 2.75) is 13.0 Å². The molecule has 0 bridgehead atoms. The van der Waals surface area contributed by atoms with Crippen LogP contribution in [0, 0.1) is 0 Å². The number of carbonyl (C=O) groups excluding carboxylic acids is 1. The zero-order chi connectivity index (χ0) is 14.8. The van der Waals surface area contributed by atoms with E-state index in [0.717, 1.165) is 5.56 Å². The number of hydrogen-bond donors (Lipinski definition) is 1. The molecule has 0 aliphatic carbocycles. The van der Waals surface area contributed by atoms with E-state index in [1.165, 1.54) is 0 Å². The summed E-state index contributed by atoms with van der Waals surface area (Å²) in [6, 6.07) is 14.8. The lowest BCUT2D eigenvalue weighted by molar-refractivity contribution is 0.0940. The van der Waals surface area contributed by atoms with E-state index in [9.17, 15) is 4.79 Å². The van der Waals surface area contributed by atoms with E-state index in [4.69, 9.17) is 16.0 Å². The number of oxazole rings is 1. The lowest BCUT2D eigenvalue weighted by Gasteiger charge is -2.14. The van der Waals surface area contributed by atoms with Gasteiger partial charge < -0.3 is 9.73 Å². The number of fused-ring (bicyclic) bond motifs is 1. The fourth-order valence-electron chi connectivity index (χ4n) is 2.15. The van der Waals surface area contributed by atoms with Gasteiger partial charge in [0.15, 0.2) is 5.58 Å². The molecule has 2 aromatic carbocycles. The first-order valence-electron chi connectivity index (χ1n) is 6.55. The van der Waals surface area contributed by atoms with Crippen molar-refractivity contribution in [2.24, 2.45) is 0 Å². The van der Waals surface area contributed by atoms with Crippen molar-refractivity contribution in [2.75, 3.05) is 0 Å². The number of amides is 1. The molecule has 1 heterocycles. The van der Waals surface area contributed by atoms with Crippen molar-refractivity contribution in [1.29, 1.82) is 0 Å². The van der Waals surface area contributed by atoms with E-state index in [2.05, 4.69) is 10.3 Å². The second-order valence-electron chi connectivity index (χ2n) is 4.76. The average Bonchev–Trinajstić information content (AvgIpc) is 2.87. The Kier molecular flexibility index (Phi) is 3.62. The molecule has 0 saturated carbocycles. The van der Waals surface area contributed by atoms with E-state index in [-0.39, 0.29) is 17.3 Å². The highest BCUT2D eigenvalue weighted by Crippen LogP contribution is 2.20. The number of aromatic nitrogens is 1. The van der Waals surface area contributed by atoms with Crippen molar-refractivity contribution < 1.29 is 9.21 Å². The van der Waals surface area contributed by atoms with Crippen LogP contribution >= 0.6 is 11.6 Å². The number of carbonyl (C=O) groups is 1. The molecular formula is C16H13ClN2O2. The summed E-state index contributed by atoms with van der Waals surface area (Å²) in [6.45, 7) is 1.94. The van der Waals surface area contributed by atoms with Crippen LogP contribution in [0.2, 0.25) is 5.35 Å². The molecule has 1 aromatic heterocycles. The van der Waals surface area contributed by atoms with Gasteiger partial charge in [0.05, 0.1) is 6.04 Å². The first-order valence-corrected chi connectivity index (χ1v) is 6.93. The fourth-order valence-corrected chi connectivity index (χ4v) is 2.32. The Balaban J connectivity index is 1.80. The first-order chi connectivity index (χ1) is 10.1. The van der Waals surface area contributed by atoms with Gasteiger partial charge >= 0.3 is 0 Å². The van der Waals surface area contributed by atoms with E-state index in [1.807, 2.05) is 37.3 Å². The zero-order valence-electron chi connectivity index (χ0n) is 11.3. The molecule has 0 radical (unpaired) electrons. The Hall–Kier alpha value is -2.33. The van der Waals surface area contributed by atoms with Gasteiger partial charge in [0.25, 0.3) is 11.3 Å². The highest BCUT2D eigenvalue weighted by molar-refractivity contribution is 6.28. The molecule has 1 N–H and O–H groups in total. The minimum atomic E-state index is -0.160. The molecule has 21 heavy (non-hydrogen) atoms. The van der Waals surface area contributed by atoms with Crippen molar-refractivity contribution >= 4 is 28.6 Å². The molecule has 4 nitrogen and oxygen atoms in total. The summed E-state index contributed by atoms with van der Waals surface area (Å²) in [5.41, 5.74) is 2.71. The molecule has 106 valence electrons. The van der Waals surface area contributed by atoms with Gasteiger partial charge in [-0.25, -0.2) is 0 Å². The average molecular weight is 301 g/mol. The number of nitrogens with one attached hydrogen (secondary N) is 1. The monoisotopic (exact) mass is 300 g/mol. The largest absolute Gasteiger partial charge is 0.428 e. The summed E-state index contributed by atoms with van der Waals surface area (Å²) in [6.07, 6.45) is 0. The summed E-state index contributed by atoms with van der Waals surface area (Å²) in [5, 5.41) is 3.02. The van der Waals surface area contributed by atoms with E-state index < -0.39 is 0 Å². The lowest BCUT2D eigenvalue weighted by Crippen LogP contribution is -2.26. The van der Waals surface area contributed by atoms with Gasteiger partial charge in [0, 0.05) is 5.56 Å². The van der Waals surface area contributed by atoms with E-state index in [1.54, 1.807) is 18.2 Å². The smallest absolute Gasteiger partial charge is 0.293 e. The third-order valence-electron chi connectivity index (χ3n) is 3.27. The second kappa shape index (κ2) is 5.58. The van der Waals surface area contributed by atoms with Crippen LogP contribution in [0.4, 0.5) is 0 Å². The quantitative estimate of drug-likeness (QED) is 0.796. The van der Waals surface area contributed by atoms with Gasteiger partial charge in [0.1, 0.15) is 5.52 Å². The Labute approximate surface area is 126 Å². The number of rotatable bonds is 3. The summed E-state index contributed by atoms with van der Waals surface area (Å²) < 4.78 is 5.18. The van der Waals surface area contributed by atoms with Crippen LogP contribution in [0.1, 0.15) is 28.9 Å². The van der Waals surface area contributed by atoms with Crippen LogP contribution in [0.15, 0.2) is 52.9 Å². The maximum Gasteiger partial charge on any atom is 0.293 e. The van der Waals surface area contributed by atoms with Crippen LogP contribution in [0.3, 0.4) is 0 Å². The molecule has 1 amide bonds. The minimum absolute atomic E-state index is 0.0696. The number of hydrogen-bond acceptors (Lipinski definition) is 3. The lowest BCUT2D eigenvalue weighted by atomic mass is 10.1. The first kappa shape index (κ1) is 13.6. The van der Waals surface area contributed by atoms with Crippen molar-refractivity contribution in [1.82, 2.24) is 10.3 Å². The van der Waals surface area contributed by atoms with Crippen LogP contribution in [-0.4, -0.2) is 10.9 Å². The molecule has 5 heteroatoms. The van der Waals surface area contributed by atoms with Crippen LogP contribution in [-0.2, 0) is 0 Å². The number of benzene rings is 2. The van der Waals surface area contributed by atoms with Gasteiger partial charge in [-0.2, -0.15) is 4.98 Å². The predicted molar refractivity (Wildman–Crippen MR) is 81.3 cm³/mol. The summed E-state index contributed by atoms with van der Waals surface area (Å²) >= 11 is 5.70. The van der Waals surface area contributed by atoms with Gasteiger partial charge in [0.2, 0.25) is 0 Å². The van der Waals surface area contributed by atoms with Crippen LogP contribution in [0.5, 0.6) is 0 Å². The molecule has 1 atom stereocenters. The molecule has 3 rings (SSSR count). The van der Waals surface area contributed by atoms with Gasteiger partial charge in [-0.1, -0.05) is 30.3 Å². The Bertz CT molecular complexity index is 783. The summed E-state index contributed by atoms with van der Waals surface area (Å²) in [7, 11) is 0. The summed E-state index contributed by atoms with van der Waals surface area (Å²) in [4.78, 5) is 16.3. The van der Waals surface area contributed by atoms with Gasteiger partial charge in [-0.05, 0) is 42.3 Å². The highest BCUT2D eigenvalue weighted by Gasteiger charge is 2.13. The van der Waals surface area contributed by atoms with Crippen molar-refractivity contribution in [3.63, 3.8) is 0 Å². The van der Waals surface area contributed by atoms with E-state index >= 15 is 0 Å². The maximum atomic E-state index is 12.3. The van der Waals surface area contributed by atoms with Gasteiger partial charge in [-0.3, -0.25) is 4.79 Å². The van der Waals surface area contributed by atoms with Gasteiger partial charge in [-0.15, -0.1) is 0 Å². The second-order valence-corrected chi connectivity index (χ2v) is 5.08. The Morgan fingerprint density at radius 3 is 2.76 bits per heavy atom. The highest BCUT2D eigenvalue weighted by atomic mass is 35.5. The van der Waals surface area contributed by atoms with E-state index in [0.29, 0.717) is 16.7 Å². The van der Waals surface area contributed by atoms with Crippen LogP contribution < -0.4 is 5.32 Å². The molecule has 0 aliphatic rings. The summed E-state index contributed by atoms with van der Waals surface area (Å²) in [5.74, 6) is -0.160. The molecule has 3 aromatic rings. The standard InChI is InChI=1S/C16H13ClN2O2/c1-10(11-5-3-2-4-6-11)18-15(20)12-7-8-14-13(9-12)19-16(17)21-14/h2-10H,1H3,(H,18,20). The predicted octanol–water partition coefficient (Wildman–Crippen LogP) is 3.97.